The second-order valence-corrected chi connectivity index (χ2v) is 8.30. The van der Waals surface area contributed by atoms with E-state index in [4.69, 9.17) is 4.74 Å². The molecule has 1 amide bonds. The molecule has 2 atom stereocenters. The molecule has 2 unspecified atom stereocenters. The first kappa shape index (κ1) is 15.3. The largest absolute Gasteiger partial charge is 0.444 e. The average Bonchev–Trinajstić information content (AvgIpc) is 2.44. The van der Waals surface area contributed by atoms with Crippen LogP contribution in [0.15, 0.2) is 0 Å². The molecule has 0 spiro atoms. The molecular weight excluding hydrogens is 254 g/mol. The summed E-state index contributed by atoms with van der Waals surface area (Å²) in [6.07, 6.45) is 3.20. The molecule has 0 aromatic rings. The fraction of sp³-hybridized carbons (Fsp3) is 0.917. The maximum Gasteiger partial charge on any atom is 0.407 e. The van der Waals surface area contributed by atoms with Gasteiger partial charge in [0.15, 0.2) is 0 Å². The zero-order valence-corrected chi connectivity index (χ0v) is 12.3. The van der Waals surface area contributed by atoms with Crippen LogP contribution in [0.5, 0.6) is 0 Å². The summed E-state index contributed by atoms with van der Waals surface area (Å²) in [5.41, 5.74) is -0.505. The molecule has 0 bridgehead atoms. The van der Waals surface area contributed by atoms with Gasteiger partial charge < -0.3 is 10.1 Å². The van der Waals surface area contributed by atoms with E-state index in [0.717, 1.165) is 12.8 Å². The summed E-state index contributed by atoms with van der Waals surface area (Å²) in [4.78, 5) is 11.6. The summed E-state index contributed by atoms with van der Waals surface area (Å²) < 4.78 is 27.6. The zero-order valence-electron chi connectivity index (χ0n) is 11.5. The van der Waals surface area contributed by atoms with Gasteiger partial charge in [0.1, 0.15) is 15.4 Å². The van der Waals surface area contributed by atoms with Crippen molar-refractivity contribution in [2.75, 3.05) is 12.0 Å². The molecule has 1 fully saturated rings. The summed E-state index contributed by atoms with van der Waals surface area (Å²) in [5, 5.41) is 2.80. The number of sulfone groups is 1. The smallest absolute Gasteiger partial charge is 0.407 e. The normalized spacial score (nSPS) is 24.9. The third-order valence-electron chi connectivity index (χ3n) is 2.80. The number of rotatable bonds is 3. The Balaban J connectivity index is 2.37. The van der Waals surface area contributed by atoms with Gasteiger partial charge in [0.05, 0.1) is 5.75 Å². The van der Waals surface area contributed by atoms with E-state index in [1.54, 1.807) is 0 Å². The van der Waals surface area contributed by atoms with E-state index in [1.807, 2.05) is 20.8 Å². The number of amides is 1. The van der Waals surface area contributed by atoms with Crippen LogP contribution in [-0.2, 0) is 14.6 Å². The maximum absolute atomic E-state index is 11.6. The molecule has 1 aliphatic carbocycles. The molecular formula is C12H23NO4S. The third kappa shape index (κ3) is 6.23. The van der Waals surface area contributed by atoms with Crippen LogP contribution in [0.3, 0.4) is 0 Å². The lowest BCUT2D eigenvalue weighted by molar-refractivity contribution is 0.0505. The Hall–Kier alpha value is -0.780. The van der Waals surface area contributed by atoms with Crippen LogP contribution in [0.4, 0.5) is 4.79 Å². The molecule has 1 aliphatic rings. The molecule has 5 nitrogen and oxygen atoms in total. The lowest BCUT2D eigenvalue weighted by Gasteiger charge is -2.21. The van der Waals surface area contributed by atoms with Crippen LogP contribution in [0.2, 0.25) is 0 Å². The Morgan fingerprint density at radius 2 is 1.94 bits per heavy atom. The molecule has 0 saturated heterocycles. The Labute approximate surface area is 109 Å². The highest BCUT2D eigenvalue weighted by Gasteiger charge is 2.29. The molecule has 18 heavy (non-hydrogen) atoms. The Morgan fingerprint density at radius 1 is 1.33 bits per heavy atom. The van der Waals surface area contributed by atoms with Crippen molar-refractivity contribution in [2.24, 2.45) is 5.92 Å². The van der Waals surface area contributed by atoms with E-state index in [1.165, 1.54) is 6.26 Å². The lowest BCUT2D eigenvalue weighted by Crippen LogP contribution is -2.38. The third-order valence-corrected chi connectivity index (χ3v) is 3.88. The molecule has 0 aromatic heterocycles. The van der Waals surface area contributed by atoms with Crippen molar-refractivity contribution >= 4 is 15.9 Å². The monoisotopic (exact) mass is 277 g/mol. The van der Waals surface area contributed by atoms with Gasteiger partial charge in [-0.1, -0.05) is 0 Å². The fourth-order valence-electron chi connectivity index (χ4n) is 2.26. The Bertz CT molecular complexity index is 397. The van der Waals surface area contributed by atoms with Gasteiger partial charge in [0, 0.05) is 12.3 Å². The SMILES string of the molecule is CC(C)(C)OC(=O)NC1CCC(CS(C)(=O)=O)C1. The molecule has 1 N–H and O–H groups in total. The number of carbonyl (C=O) groups is 1. The Morgan fingerprint density at radius 3 is 2.44 bits per heavy atom. The van der Waals surface area contributed by atoms with E-state index >= 15 is 0 Å². The molecule has 1 rings (SSSR count). The van der Waals surface area contributed by atoms with E-state index in [9.17, 15) is 13.2 Å². The minimum absolute atomic E-state index is 0.0339. The number of hydrogen-bond acceptors (Lipinski definition) is 4. The van der Waals surface area contributed by atoms with Crippen LogP contribution in [0.1, 0.15) is 40.0 Å². The van der Waals surface area contributed by atoms with Crippen molar-refractivity contribution in [1.82, 2.24) is 5.32 Å². The van der Waals surface area contributed by atoms with Crippen LogP contribution in [0.25, 0.3) is 0 Å². The second-order valence-electron chi connectivity index (χ2n) is 6.11. The van der Waals surface area contributed by atoms with Gasteiger partial charge in [-0.15, -0.1) is 0 Å². The van der Waals surface area contributed by atoms with Gasteiger partial charge in [-0.25, -0.2) is 13.2 Å². The zero-order chi connectivity index (χ0) is 14.0. The molecule has 6 heteroatoms. The highest BCUT2D eigenvalue weighted by Crippen LogP contribution is 2.26. The lowest BCUT2D eigenvalue weighted by atomic mass is 10.1. The first-order valence-corrected chi connectivity index (χ1v) is 8.28. The minimum Gasteiger partial charge on any atom is -0.444 e. The summed E-state index contributed by atoms with van der Waals surface area (Å²) in [6.45, 7) is 5.44. The quantitative estimate of drug-likeness (QED) is 0.852. The van der Waals surface area contributed by atoms with Gasteiger partial charge in [0.25, 0.3) is 0 Å². The number of carbonyl (C=O) groups excluding carboxylic acids is 1. The Kier molecular flexibility index (Phi) is 4.64. The summed E-state index contributed by atoms with van der Waals surface area (Å²) in [5.74, 6) is 0.361. The number of ether oxygens (including phenoxy) is 1. The molecule has 0 radical (unpaired) electrons. The first-order valence-electron chi connectivity index (χ1n) is 6.22. The standard InChI is InChI=1S/C12H23NO4S/c1-12(2,3)17-11(14)13-10-6-5-9(7-10)8-18(4,15)16/h9-10H,5-8H2,1-4H3,(H,13,14). The summed E-state index contributed by atoms with van der Waals surface area (Å²) >= 11 is 0. The topological polar surface area (TPSA) is 72.5 Å². The van der Waals surface area contributed by atoms with Crippen LogP contribution in [0, 0.1) is 5.92 Å². The fourth-order valence-corrected chi connectivity index (χ4v) is 3.42. The molecule has 0 aromatic carbocycles. The van der Waals surface area contributed by atoms with E-state index in [2.05, 4.69) is 5.32 Å². The van der Waals surface area contributed by atoms with Crippen molar-refractivity contribution in [1.29, 1.82) is 0 Å². The average molecular weight is 277 g/mol. The van der Waals surface area contributed by atoms with Crippen molar-refractivity contribution in [2.45, 2.75) is 51.7 Å². The van der Waals surface area contributed by atoms with Gasteiger partial charge >= 0.3 is 6.09 Å². The highest BCUT2D eigenvalue weighted by molar-refractivity contribution is 7.90. The maximum atomic E-state index is 11.6. The van der Waals surface area contributed by atoms with Gasteiger partial charge in [-0.05, 0) is 46.0 Å². The van der Waals surface area contributed by atoms with Crippen molar-refractivity contribution in [3.8, 4) is 0 Å². The van der Waals surface area contributed by atoms with Gasteiger partial charge in [-0.3, -0.25) is 0 Å². The first-order chi connectivity index (χ1) is 8.05. The van der Waals surface area contributed by atoms with E-state index in [0.29, 0.717) is 6.42 Å². The predicted molar refractivity (Wildman–Crippen MR) is 70.2 cm³/mol. The van der Waals surface area contributed by atoms with Crippen molar-refractivity contribution in [3.63, 3.8) is 0 Å². The number of hydrogen-bond donors (Lipinski definition) is 1. The van der Waals surface area contributed by atoms with Crippen LogP contribution >= 0.6 is 0 Å². The molecule has 0 aliphatic heterocycles. The van der Waals surface area contributed by atoms with E-state index in [-0.39, 0.29) is 17.7 Å². The molecule has 106 valence electrons. The number of nitrogens with one attached hydrogen (secondary N) is 1. The highest BCUT2D eigenvalue weighted by atomic mass is 32.2. The minimum atomic E-state index is -2.93. The van der Waals surface area contributed by atoms with Crippen LogP contribution < -0.4 is 5.32 Å². The summed E-state index contributed by atoms with van der Waals surface area (Å²) in [6, 6.07) is 0.0339. The van der Waals surface area contributed by atoms with Gasteiger partial charge in [0.2, 0.25) is 0 Å². The van der Waals surface area contributed by atoms with Gasteiger partial charge in [-0.2, -0.15) is 0 Å². The number of alkyl carbamates (subject to hydrolysis) is 1. The van der Waals surface area contributed by atoms with Crippen molar-refractivity contribution < 1.29 is 17.9 Å². The van der Waals surface area contributed by atoms with E-state index < -0.39 is 21.5 Å². The summed E-state index contributed by atoms with van der Waals surface area (Å²) in [7, 11) is -2.93. The van der Waals surface area contributed by atoms with Crippen molar-refractivity contribution in [3.05, 3.63) is 0 Å². The predicted octanol–water partition coefficient (Wildman–Crippen LogP) is 1.72. The van der Waals surface area contributed by atoms with Crippen LogP contribution in [-0.4, -0.2) is 38.2 Å². The molecule has 1 saturated carbocycles. The second kappa shape index (κ2) is 5.47. The molecule has 0 heterocycles.